The Balaban J connectivity index is 2.09. The van der Waals surface area contributed by atoms with Crippen molar-refractivity contribution in [3.63, 3.8) is 0 Å². The molecule has 0 bridgehead atoms. The number of nitrogens with zero attached hydrogens (tertiary/aromatic N) is 1. The lowest BCUT2D eigenvalue weighted by molar-refractivity contribution is -0.133. The van der Waals surface area contributed by atoms with Crippen LogP contribution in [0.2, 0.25) is 0 Å². The first-order chi connectivity index (χ1) is 11.1. The molecule has 2 heterocycles. The molecular formula is C18H25NO4. The van der Waals surface area contributed by atoms with Gasteiger partial charge in [-0.1, -0.05) is 6.92 Å². The third-order valence-electron chi connectivity index (χ3n) is 5.14. The fourth-order valence-electron chi connectivity index (χ4n) is 3.85. The first-order valence-electron chi connectivity index (χ1n) is 8.24. The van der Waals surface area contributed by atoms with Gasteiger partial charge in [0.1, 0.15) is 0 Å². The van der Waals surface area contributed by atoms with Gasteiger partial charge < -0.3 is 19.1 Å². The van der Waals surface area contributed by atoms with Crippen molar-refractivity contribution in [2.75, 3.05) is 34.0 Å². The lowest BCUT2D eigenvalue weighted by Crippen LogP contribution is -2.50. The molecule has 23 heavy (non-hydrogen) atoms. The summed E-state index contributed by atoms with van der Waals surface area (Å²) < 4.78 is 16.5. The van der Waals surface area contributed by atoms with E-state index in [0.717, 1.165) is 49.7 Å². The highest BCUT2D eigenvalue weighted by atomic mass is 16.5. The monoisotopic (exact) mass is 319 g/mol. The van der Waals surface area contributed by atoms with Gasteiger partial charge in [-0.3, -0.25) is 4.79 Å². The van der Waals surface area contributed by atoms with E-state index in [-0.39, 0.29) is 11.3 Å². The van der Waals surface area contributed by atoms with E-state index in [1.807, 2.05) is 17.9 Å². The highest BCUT2D eigenvalue weighted by molar-refractivity contribution is 5.76. The van der Waals surface area contributed by atoms with Crippen LogP contribution in [-0.2, 0) is 21.5 Å². The zero-order chi connectivity index (χ0) is 16.4. The van der Waals surface area contributed by atoms with Gasteiger partial charge in [0.2, 0.25) is 5.91 Å². The average Bonchev–Trinajstić information content (AvgIpc) is 2.60. The van der Waals surface area contributed by atoms with Crippen LogP contribution in [0.15, 0.2) is 12.1 Å². The maximum atomic E-state index is 12.3. The molecule has 0 aliphatic carbocycles. The molecule has 1 aromatic carbocycles. The van der Waals surface area contributed by atoms with E-state index in [1.54, 1.807) is 14.2 Å². The standard InChI is InChI=1S/C18H25NO4/c1-4-17(20)19-11-13-9-15(21-2)16(22-3)10-14(13)18(12-19)5-7-23-8-6-18/h9-10H,4-8,11-12H2,1-3H3. The maximum absolute atomic E-state index is 12.3. The predicted octanol–water partition coefficient (Wildman–Crippen LogP) is 2.50. The molecule has 1 fully saturated rings. The second-order valence-corrected chi connectivity index (χ2v) is 6.36. The van der Waals surface area contributed by atoms with Crippen molar-refractivity contribution in [3.05, 3.63) is 23.3 Å². The lowest BCUT2D eigenvalue weighted by atomic mass is 9.69. The van der Waals surface area contributed by atoms with Gasteiger partial charge >= 0.3 is 0 Å². The van der Waals surface area contributed by atoms with Crippen LogP contribution in [0, 0.1) is 0 Å². The first kappa shape index (κ1) is 16.1. The van der Waals surface area contributed by atoms with E-state index in [2.05, 4.69) is 6.07 Å². The predicted molar refractivity (Wildman–Crippen MR) is 87.0 cm³/mol. The van der Waals surface area contributed by atoms with Crippen LogP contribution >= 0.6 is 0 Å². The third kappa shape index (κ3) is 2.78. The molecule has 0 saturated carbocycles. The molecule has 3 rings (SSSR count). The number of ether oxygens (including phenoxy) is 3. The van der Waals surface area contributed by atoms with Crippen LogP contribution in [0.3, 0.4) is 0 Å². The lowest BCUT2D eigenvalue weighted by Gasteiger charge is -2.46. The number of hydrogen-bond donors (Lipinski definition) is 0. The summed E-state index contributed by atoms with van der Waals surface area (Å²) in [5, 5.41) is 0. The molecule has 0 atom stereocenters. The second-order valence-electron chi connectivity index (χ2n) is 6.36. The van der Waals surface area contributed by atoms with Crippen molar-refractivity contribution < 1.29 is 19.0 Å². The van der Waals surface area contributed by atoms with E-state index < -0.39 is 0 Å². The van der Waals surface area contributed by atoms with Crippen LogP contribution in [0.5, 0.6) is 11.5 Å². The van der Waals surface area contributed by atoms with Gasteiger partial charge in [-0.2, -0.15) is 0 Å². The largest absolute Gasteiger partial charge is 0.493 e. The summed E-state index contributed by atoms with van der Waals surface area (Å²) in [4.78, 5) is 14.3. The Morgan fingerprint density at radius 2 is 1.87 bits per heavy atom. The van der Waals surface area contributed by atoms with Crippen molar-refractivity contribution in [1.82, 2.24) is 4.90 Å². The molecule has 5 nitrogen and oxygen atoms in total. The summed E-state index contributed by atoms with van der Waals surface area (Å²) in [6.45, 7) is 4.81. The Morgan fingerprint density at radius 3 is 2.48 bits per heavy atom. The Hall–Kier alpha value is -1.75. The van der Waals surface area contributed by atoms with Crippen molar-refractivity contribution in [2.24, 2.45) is 0 Å². The molecule has 2 aliphatic heterocycles. The summed E-state index contributed by atoms with van der Waals surface area (Å²) in [7, 11) is 3.31. The van der Waals surface area contributed by atoms with Gasteiger partial charge in [-0.15, -0.1) is 0 Å². The molecule has 2 aliphatic rings. The quantitative estimate of drug-likeness (QED) is 0.859. The van der Waals surface area contributed by atoms with Crippen LogP contribution in [-0.4, -0.2) is 44.8 Å². The molecule has 0 aromatic heterocycles. The minimum atomic E-state index is -0.0315. The first-order valence-corrected chi connectivity index (χ1v) is 8.24. The van der Waals surface area contributed by atoms with Gasteiger partial charge in [0, 0.05) is 38.1 Å². The Labute approximate surface area is 137 Å². The van der Waals surface area contributed by atoms with Crippen molar-refractivity contribution in [3.8, 4) is 11.5 Å². The number of amides is 1. The van der Waals surface area contributed by atoms with Crippen molar-refractivity contribution in [2.45, 2.75) is 38.1 Å². The van der Waals surface area contributed by atoms with Gasteiger partial charge in [-0.25, -0.2) is 0 Å². The number of carbonyl (C=O) groups is 1. The summed E-state index contributed by atoms with van der Waals surface area (Å²) in [5.74, 6) is 1.68. The normalized spacial score (nSPS) is 19.3. The van der Waals surface area contributed by atoms with Crippen LogP contribution < -0.4 is 9.47 Å². The number of rotatable bonds is 3. The topological polar surface area (TPSA) is 48.0 Å². The highest BCUT2D eigenvalue weighted by Gasteiger charge is 2.42. The van der Waals surface area contributed by atoms with E-state index in [0.29, 0.717) is 13.0 Å². The van der Waals surface area contributed by atoms with Gasteiger partial charge in [0.25, 0.3) is 0 Å². The Bertz CT molecular complexity index is 593. The molecule has 126 valence electrons. The SMILES string of the molecule is CCC(=O)N1Cc2cc(OC)c(OC)cc2C2(CCOCC2)C1. The highest BCUT2D eigenvalue weighted by Crippen LogP contribution is 2.45. The van der Waals surface area contributed by atoms with Gasteiger partial charge in [-0.05, 0) is 36.1 Å². The van der Waals surface area contributed by atoms with Gasteiger partial charge in [0.05, 0.1) is 14.2 Å². The third-order valence-corrected chi connectivity index (χ3v) is 5.14. The Kier molecular flexibility index (Phi) is 4.48. The Morgan fingerprint density at radius 1 is 1.22 bits per heavy atom. The minimum Gasteiger partial charge on any atom is -0.493 e. The van der Waals surface area contributed by atoms with E-state index in [1.165, 1.54) is 5.56 Å². The average molecular weight is 319 g/mol. The fraction of sp³-hybridized carbons (Fsp3) is 0.611. The van der Waals surface area contributed by atoms with Crippen LogP contribution in [0.1, 0.15) is 37.3 Å². The summed E-state index contributed by atoms with van der Waals surface area (Å²) >= 11 is 0. The molecule has 1 saturated heterocycles. The smallest absolute Gasteiger partial charge is 0.222 e. The summed E-state index contributed by atoms with van der Waals surface area (Å²) in [5.41, 5.74) is 2.42. The van der Waals surface area contributed by atoms with Gasteiger partial charge in [0.15, 0.2) is 11.5 Å². The van der Waals surface area contributed by atoms with E-state index in [4.69, 9.17) is 14.2 Å². The zero-order valence-electron chi connectivity index (χ0n) is 14.2. The number of benzene rings is 1. The number of carbonyl (C=O) groups excluding carboxylic acids is 1. The zero-order valence-corrected chi connectivity index (χ0v) is 14.2. The van der Waals surface area contributed by atoms with E-state index in [9.17, 15) is 4.79 Å². The van der Waals surface area contributed by atoms with Crippen molar-refractivity contribution >= 4 is 5.91 Å². The number of methoxy groups -OCH3 is 2. The van der Waals surface area contributed by atoms with Crippen molar-refractivity contribution in [1.29, 1.82) is 0 Å². The number of fused-ring (bicyclic) bond motifs is 2. The fourth-order valence-corrected chi connectivity index (χ4v) is 3.85. The maximum Gasteiger partial charge on any atom is 0.222 e. The minimum absolute atomic E-state index is 0.0315. The molecule has 0 unspecified atom stereocenters. The van der Waals surface area contributed by atoms with Crippen LogP contribution in [0.4, 0.5) is 0 Å². The molecule has 1 amide bonds. The molecule has 1 spiro atoms. The van der Waals surface area contributed by atoms with Crippen LogP contribution in [0.25, 0.3) is 0 Å². The number of hydrogen-bond acceptors (Lipinski definition) is 4. The molecule has 1 aromatic rings. The second kappa shape index (κ2) is 6.40. The molecule has 0 N–H and O–H groups in total. The van der Waals surface area contributed by atoms with E-state index >= 15 is 0 Å². The molecular weight excluding hydrogens is 294 g/mol. The molecule has 0 radical (unpaired) electrons. The summed E-state index contributed by atoms with van der Waals surface area (Å²) in [6.07, 6.45) is 2.40. The molecule has 5 heteroatoms. The summed E-state index contributed by atoms with van der Waals surface area (Å²) in [6, 6.07) is 4.13.